The van der Waals surface area contributed by atoms with E-state index in [4.69, 9.17) is 0 Å². The van der Waals surface area contributed by atoms with Crippen molar-refractivity contribution in [1.29, 1.82) is 0 Å². The van der Waals surface area contributed by atoms with Crippen molar-refractivity contribution in [2.24, 2.45) is 5.92 Å². The van der Waals surface area contributed by atoms with Crippen molar-refractivity contribution in [2.75, 3.05) is 6.61 Å². The lowest BCUT2D eigenvalue weighted by Crippen LogP contribution is -2.05. The average Bonchev–Trinajstić information content (AvgIpc) is 3.54. The van der Waals surface area contributed by atoms with Crippen molar-refractivity contribution >= 4 is 44.9 Å². The first-order chi connectivity index (χ1) is 16.4. The molecule has 2 aromatic carbocycles. The molecule has 172 valence electrons. The number of benzene rings is 2. The number of rotatable bonds is 7. The number of aromatic carboxylic acids is 1. The Bertz CT molecular complexity index is 1560. The molecule has 0 aliphatic carbocycles. The second-order valence-electron chi connectivity index (χ2n) is 8.40. The molecule has 0 amide bonds. The summed E-state index contributed by atoms with van der Waals surface area (Å²) in [5, 5.41) is 31.8. The number of hydrogen-bond donors (Lipinski definition) is 5. The lowest BCUT2D eigenvalue weighted by molar-refractivity contribution is 0.0702. The van der Waals surface area contributed by atoms with Crippen LogP contribution in [0.2, 0.25) is 0 Å². The van der Waals surface area contributed by atoms with Crippen LogP contribution in [0, 0.1) is 5.92 Å². The number of H-pyrrole nitrogens is 2. The number of carbonyl (C=O) groups is 2. The van der Waals surface area contributed by atoms with Gasteiger partial charge in [-0.15, -0.1) is 11.3 Å². The summed E-state index contributed by atoms with van der Waals surface area (Å²) in [5.74, 6) is -1.93. The number of hydrogen-bond acceptors (Lipinski definition) is 5. The summed E-state index contributed by atoms with van der Waals surface area (Å²) in [6, 6.07) is 13.0. The summed E-state index contributed by atoms with van der Waals surface area (Å²) >= 11 is 0.774. The number of carbonyl (C=O) groups excluding carboxylic acids is 1. The summed E-state index contributed by atoms with van der Waals surface area (Å²) in [6.07, 6.45) is 3.87. The van der Waals surface area contributed by atoms with Gasteiger partial charge >= 0.3 is 5.97 Å². The molecule has 0 aliphatic heterocycles. The fourth-order valence-electron chi connectivity index (χ4n) is 4.39. The fourth-order valence-corrected chi connectivity index (χ4v) is 5.39. The van der Waals surface area contributed by atoms with Crippen LogP contribution in [0.4, 0.5) is 0 Å². The highest BCUT2D eigenvalue weighted by atomic mass is 32.1. The highest BCUT2D eigenvalue weighted by Crippen LogP contribution is 2.45. The minimum atomic E-state index is -1.21. The van der Waals surface area contributed by atoms with Crippen molar-refractivity contribution in [1.82, 2.24) is 9.97 Å². The standard InChI is InChI=1S/C26H22N2O5S/c1-13(12-29)9-14-5-4-7-16-18(11-28-21(14)16)22(30)25-23(31)20(24(34-25)26(32)33)17-10-27-19-8-3-2-6-15(17)19/h2-8,10-11,13,27-29,31H,9,12H2,1H3,(H,32,33). The zero-order chi connectivity index (χ0) is 24.0. The molecule has 1 atom stereocenters. The second-order valence-corrected chi connectivity index (χ2v) is 9.42. The van der Waals surface area contributed by atoms with Crippen molar-refractivity contribution in [3.63, 3.8) is 0 Å². The van der Waals surface area contributed by atoms with Crippen molar-refractivity contribution < 1.29 is 24.9 Å². The van der Waals surface area contributed by atoms with Crippen LogP contribution in [0.5, 0.6) is 5.75 Å². The van der Waals surface area contributed by atoms with Gasteiger partial charge in [0.15, 0.2) is 0 Å². The maximum atomic E-state index is 13.5. The zero-order valence-electron chi connectivity index (χ0n) is 18.3. The van der Waals surface area contributed by atoms with Gasteiger partial charge in [-0.2, -0.15) is 0 Å². The first-order valence-corrected chi connectivity index (χ1v) is 11.6. The quantitative estimate of drug-likeness (QED) is 0.208. The molecule has 0 radical (unpaired) electrons. The Balaban J connectivity index is 1.64. The van der Waals surface area contributed by atoms with Crippen molar-refractivity contribution in [3.05, 3.63) is 75.7 Å². The summed E-state index contributed by atoms with van der Waals surface area (Å²) < 4.78 is 0. The van der Waals surface area contributed by atoms with Gasteiger partial charge in [0.1, 0.15) is 15.5 Å². The molecule has 5 aromatic rings. The predicted molar refractivity (Wildman–Crippen MR) is 132 cm³/mol. The molecule has 1 unspecified atom stereocenters. The number of aliphatic hydroxyl groups is 1. The van der Waals surface area contributed by atoms with E-state index in [2.05, 4.69) is 9.97 Å². The first kappa shape index (κ1) is 21.9. The van der Waals surface area contributed by atoms with Gasteiger partial charge < -0.3 is 25.3 Å². The van der Waals surface area contributed by atoms with Crippen LogP contribution >= 0.6 is 11.3 Å². The van der Waals surface area contributed by atoms with Gasteiger partial charge in [0.2, 0.25) is 5.78 Å². The summed E-state index contributed by atoms with van der Waals surface area (Å²) in [4.78, 5) is 31.7. The molecular weight excluding hydrogens is 452 g/mol. The Hall–Kier alpha value is -3.88. The molecule has 0 bridgehead atoms. The topological polar surface area (TPSA) is 126 Å². The fraction of sp³-hybridized carbons (Fsp3) is 0.154. The van der Waals surface area contributed by atoms with Crippen LogP contribution in [-0.2, 0) is 6.42 Å². The van der Waals surface area contributed by atoms with E-state index >= 15 is 0 Å². The second kappa shape index (κ2) is 8.48. The lowest BCUT2D eigenvalue weighted by atomic mass is 9.98. The Kier molecular flexibility index (Phi) is 5.47. The van der Waals surface area contributed by atoms with Crippen LogP contribution in [0.1, 0.15) is 37.4 Å². The van der Waals surface area contributed by atoms with Crippen LogP contribution in [0.3, 0.4) is 0 Å². The number of aromatic hydroxyl groups is 1. The van der Waals surface area contributed by atoms with E-state index in [-0.39, 0.29) is 33.6 Å². The third kappa shape index (κ3) is 3.48. The highest BCUT2D eigenvalue weighted by Gasteiger charge is 2.30. The number of ketones is 1. The number of para-hydroxylation sites is 2. The van der Waals surface area contributed by atoms with E-state index in [0.29, 0.717) is 22.9 Å². The van der Waals surface area contributed by atoms with Gasteiger partial charge in [0, 0.05) is 51.9 Å². The monoisotopic (exact) mass is 474 g/mol. The predicted octanol–water partition coefficient (Wildman–Crippen LogP) is 5.18. The molecule has 5 N–H and O–H groups in total. The molecule has 0 saturated heterocycles. The van der Waals surface area contributed by atoms with E-state index in [1.54, 1.807) is 12.4 Å². The Morgan fingerprint density at radius 3 is 2.53 bits per heavy atom. The Labute approximate surface area is 198 Å². The van der Waals surface area contributed by atoms with Crippen LogP contribution in [-0.4, -0.2) is 43.6 Å². The summed E-state index contributed by atoms with van der Waals surface area (Å²) in [7, 11) is 0. The van der Waals surface area contributed by atoms with E-state index < -0.39 is 11.8 Å². The van der Waals surface area contributed by atoms with Gasteiger partial charge in [-0.1, -0.05) is 43.3 Å². The number of nitrogens with one attached hydrogen (secondary N) is 2. The Morgan fingerprint density at radius 1 is 1.00 bits per heavy atom. The molecule has 5 rings (SSSR count). The smallest absolute Gasteiger partial charge is 0.346 e. The SMILES string of the molecule is CC(CO)Cc1cccc2c(C(=O)c3sc(C(=O)O)c(-c4c[nH]c5ccccc45)c3O)c[nH]c12. The maximum absolute atomic E-state index is 13.5. The molecule has 3 aromatic heterocycles. The van der Waals surface area contributed by atoms with Crippen LogP contribution in [0.25, 0.3) is 32.9 Å². The Morgan fingerprint density at radius 2 is 1.76 bits per heavy atom. The van der Waals surface area contributed by atoms with Crippen molar-refractivity contribution in [2.45, 2.75) is 13.3 Å². The van der Waals surface area contributed by atoms with Gasteiger partial charge in [-0.3, -0.25) is 4.79 Å². The van der Waals surface area contributed by atoms with Gasteiger partial charge in [0.25, 0.3) is 0 Å². The molecule has 0 spiro atoms. The van der Waals surface area contributed by atoms with E-state index in [0.717, 1.165) is 33.3 Å². The van der Waals surface area contributed by atoms with Gasteiger partial charge in [-0.25, -0.2) is 4.79 Å². The number of aromatic nitrogens is 2. The number of aliphatic hydroxyl groups excluding tert-OH is 1. The number of fused-ring (bicyclic) bond motifs is 2. The highest BCUT2D eigenvalue weighted by molar-refractivity contribution is 7.17. The minimum Gasteiger partial charge on any atom is -0.506 e. The maximum Gasteiger partial charge on any atom is 0.346 e. The molecule has 0 fully saturated rings. The van der Waals surface area contributed by atoms with Crippen molar-refractivity contribution in [3.8, 4) is 16.9 Å². The molecule has 0 saturated carbocycles. The molecule has 7 nitrogen and oxygen atoms in total. The zero-order valence-corrected chi connectivity index (χ0v) is 19.1. The summed E-state index contributed by atoms with van der Waals surface area (Å²) in [5.41, 5.74) is 3.58. The van der Waals surface area contributed by atoms with Gasteiger partial charge in [-0.05, 0) is 24.0 Å². The van der Waals surface area contributed by atoms with Gasteiger partial charge in [0.05, 0.1) is 5.56 Å². The largest absolute Gasteiger partial charge is 0.506 e. The lowest BCUT2D eigenvalue weighted by Gasteiger charge is -2.09. The first-order valence-electron chi connectivity index (χ1n) is 10.8. The average molecular weight is 475 g/mol. The number of carboxylic acids is 1. The van der Waals surface area contributed by atoms with E-state index in [1.165, 1.54) is 0 Å². The number of aromatic amines is 2. The minimum absolute atomic E-state index is 0.0206. The molecular formula is C26H22N2O5S. The van der Waals surface area contributed by atoms with Crippen LogP contribution in [0.15, 0.2) is 54.9 Å². The van der Waals surface area contributed by atoms with E-state index in [1.807, 2.05) is 49.4 Å². The number of carboxylic acid groups (broad SMARTS) is 1. The van der Waals surface area contributed by atoms with Crippen LogP contribution < -0.4 is 0 Å². The third-order valence-electron chi connectivity index (χ3n) is 6.07. The third-order valence-corrected chi connectivity index (χ3v) is 7.23. The molecule has 34 heavy (non-hydrogen) atoms. The summed E-state index contributed by atoms with van der Waals surface area (Å²) in [6.45, 7) is 2.00. The molecule has 8 heteroatoms. The normalized spacial score (nSPS) is 12.4. The van der Waals surface area contributed by atoms with E-state index in [9.17, 15) is 24.9 Å². The molecule has 0 aliphatic rings. The number of thiophene rings is 1. The molecule has 3 heterocycles.